The zero-order valence-electron chi connectivity index (χ0n) is 20.2. The van der Waals surface area contributed by atoms with Crippen molar-refractivity contribution < 1.29 is 4.74 Å². The number of aromatic nitrogens is 2. The van der Waals surface area contributed by atoms with Gasteiger partial charge in [-0.25, -0.2) is 4.98 Å². The number of benzene rings is 1. The summed E-state index contributed by atoms with van der Waals surface area (Å²) in [5.74, 6) is 1.95. The molecule has 1 aromatic carbocycles. The molecule has 0 saturated carbocycles. The molecule has 1 aromatic heterocycles. The number of nitrogens with zero attached hydrogens (tertiary/aromatic N) is 4. The molecule has 2 N–H and O–H groups in total. The van der Waals surface area contributed by atoms with E-state index in [1.54, 1.807) is 0 Å². The first-order chi connectivity index (χ1) is 15.7. The van der Waals surface area contributed by atoms with E-state index in [0.29, 0.717) is 6.10 Å². The predicted octanol–water partition coefficient (Wildman–Crippen LogP) is 3.83. The molecule has 8 heteroatoms. The highest BCUT2D eigenvalue weighted by Crippen LogP contribution is 2.16. The van der Waals surface area contributed by atoms with Crippen LogP contribution in [0.25, 0.3) is 0 Å². The lowest BCUT2D eigenvalue weighted by Gasteiger charge is -2.32. The lowest BCUT2D eigenvalue weighted by Crippen LogP contribution is -2.39. The van der Waals surface area contributed by atoms with E-state index in [1.807, 2.05) is 26.4 Å². The van der Waals surface area contributed by atoms with E-state index in [2.05, 4.69) is 60.4 Å². The van der Waals surface area contributed by atoms with Crippen molar-refractivity contribution >= 4 is 29.9 Å². The number of aryl methyl sites for hydroxylation is 2. The second kappa shape index (κ2) is 16.1. The first kappa shape index (κ1) is 27.6. The topological polar surface area (TPSA) is 66.7 Å². The Bertz CT molecular complexity index is 789. The van der Waals surface area contributed by atoms with Crippen LogP contribution in [0.3, 0.4) is 0 Å². The minimum atomic E-state index is 0. The lowest BCUT2D eigenvalue weighted by atomic mass is 10.1. The maximum absolute atomic E-state index is 6.12. The van der Waals surface area contributed by atoms with Crippen LogP contribution in [-0.4, -0.2) is 66.3 Å². The maximum Gasteiger partial charge on any atom is 0.190 e. The van der Waals surface area contributed by atoms with Crippen LogP contribution in [0.4, 0.5) is 0 Å². The monoisotopic (exact) mass is 568 g/mol. The van der Waals surface area contributed by atoms with Crippen molar-refractivity contribution in [3.63, 3.8) is 0 Å². The molecule has 1 saturated heterocycles. The maximum atomic E-state index is 6.12. The van der Waals surface area contributed by atoms with Gasteiger partial charge in [0.15, 0.2) is 5.96 Å². The molecule has 0 unspecified atom stereocenters. The normalized spacial score (nSPS) is 15.3. The summed E-state index contributed by atoms with van der Waals surface area (Å²) in [7, 11) is 1.82. The number of nitrogens with one attached hydrogen (secondary N) is 2. The summed E-state index contributed by atoms with van der Waals surface area (Å²) >= 11 is 0. The molecule has 1 aliphatic heterocycles. The number of aliphatic imine (C=N–C) groups is 1. The van der Waals surface area contributed by atoms with Gasteiger partial charge in [0.05, 0.1) is 6.10 Å². The number of hydrogen-bond acceptors (Lipinski definition) is 4. The van der Waals surface area contributed by atoms with Crippen LogP contribution < -0.4 is 10.6 Å². The van der Waals surface area contributed by atoms with Crippen LogP contribution in [0.1, 0.15) is 43.5 Å². The van der Waals surface area contributed by atoms with Crippen molar-refractivity contribution in [3.8, 4) is 0 Å². The molecule has 0 amide bonds. The average Bonchev–Trinajstić information content (AvgIpc) is 3.23. The van der Waals surface area contributed by atoms with Crippen LogP contribution in [0, 0.1) is 6.92 Å². The highest BCUT2D eigenvalue weighted by Gasteiger charge is 2.19. The van der Waals surface area contributed by atoms with Gasteiger partial charge in [-0.2, -0.15) is 0 Å². The van der Waals surface area contributed by atoms with E-state index >= 15 is 0 Å². The number of unbranched alkanes of at least 4 members (excludes halogenated alkanes) is 1. The van der Waals surface area contributed by atoms with Crippen molar-refractivity contribution in [3.05, 3.63) is 54.1 Å². The molecule has 0 aliphatic carbocycles. The van der Waals surface area contributed by atoms with Gasteiger partial charge in [0.1, 0.15) is 5.82 Å². The smallest absolute Gasteiger partial charge is 0.190 e. The van der Waals surface area contributed by atoms with Gasteiger partial charge in [0.2, 0.25) is 0 Å². The third-order valence-corrected chi connectivity index (χ3v) is 6.02. The summed E-state index contributed by atoms with van der Waals surface area (Å²) in [4.78, 5) is 11.1. The Morgan fingerprint density at radius 1 is 1.09 bits per heavy atom. The molecule has 7 nitrogen and oxygen atoms in total. The second-order valence-electron chi connectivity index (χ2n) is 8.49. The minimum absolute atomic E-state index is 0. The van der Waals surface area contributed by atoms with E-state index < -0.39 is 0 Å². The summed E-state index contributed by atoms with van der Waals surface area (Å²) in [5, 5.41) is 6.79. The van der Waals surface area contributed by atoms with Crippen LogP contribution in [-0.2, 0) is 17.8 Å². The Morgan fingerprint density at radius 2 is 1.82 bits per heavy atom. The molecule has 184 valence electrons. The van der Waals surface area contributed by atoms with Crippen LogP contribution >= 0.6 is 24.0 Å². The van der Waals surface area contributed by atoms with E-state index in [9.17, 15) is 0 Å². The molecule has 2 aromatic rings. The molecule has 0 bridgehead atoms. The van der Waals surface area contributed by atoms with Gasteiger partial charge in [-0.05, 0) is 44.6 Å². The number of halogens is 1. The van der Waals surface area contributed by atoms with Gasteiger partial charge in [-0.15, -0.1) is 24.0 Å². The molecule has 3 rings (SSSR count). The van der Waals surface area contributed by atoms with Crippen LogP contribution in [0.15, 0.2) is 47.7 Å². The molecule has 1 aliphatic rings. The molecule has 0 spiro atoms. The number of likely N-dealkylation sites (tertiary alicyclic amines) is 1. The first-order valence-electron chi connectivity index (χ1n) is 12.0. The van der Waals surface area contributed by atoms with Gasteiger partial charge in [0, 0.05) is 65.3 Å². The van der Waals surface area contributed by atoms with Crippen LogP contribution in [0.2, 0.25) is 0 Å². The van der Waals surface area contributed by atoms with Crippen molar-refractivity contribution in [2.75, 3.05) is 39.8 Å². The fourth-order valence-corrected chi connectivity index (χ4v) is 4.08. The number of rotatable bonds is 12. The van der Waals surface area contributed by atoms with Gasteiger partial charge in [-0.3, -0.25) is 9.89 Å². The molecule has 2 heterocycles. The third kappa shape index (κ3) is 10.4. The summed E-state index contributed by atoms with van der Waals surface area (Å²) in [5.41, 5.74) is 1.40. The highest BCUT2D eigenvalue weighted by atomic mass is 127. The standard InChI is InChI=1S/C25H40N6O.HI/c1-22-27-15-19-31(22)16-7-6-13-28-25(26-2)29-14-8-20-32-24-11-17-30(18-12-24)21-23-9-4-3-5-10-23;/h3-5,9-10,15,19,24H,6-8,11-14,16-18,20-21H2,1-2H3,(H2,26,28,29);1H. The number of guanidine groups is 1. The third-order valence-electron chi connectivity index (χ3n) is 6.02. The van der Waals surface area contributed by atoms with Gasteiger partial charge in [-0.1, -0.05) is 30.3 Å². The zero-order valence-corrected chi connectivity index (χ0v) is 22.5. The largest absolute Gasteiger partial charge is 0.378 e. The number of imidazole rings is 1. The number of piperidine rings is 1. The van der Waals surface area contributed by atoms with Crippen molar-refractivity contribution in [2.24, 2.45) is 4.99 Å². The minimum Gasteiger partial charge on any atom is -0.378 e. The molecular weight excluding hydrogens is 527 g/mol. The summed E-state index contributed by atoms with van der Waals surface area (Å²) in [6, 6.07) is 10.7. The molecule has 1 fully saturated rings. The predicted molar refractivity (Wildman–Crippen MR) is 146 cm³/mol. The fraction of sp³-hybridized carbons (Fsp3) is 0.600. The Morgan fingerprint density at radius 3 is 2.48 bits per heavy atom. The average molecular weight is 569 g/mol. The Labute approximate surface area is 216 Å². The van der Waals surface area contributed by atoms with Gasteiger partial charge < -0.3 is 19.9 Å². The van der Waals surface area contributed by atoms with Crippen molar-refractivity contribution in [1.29, 1.82) is 0 Å². The highest BCUT2D eigenvalue weighted by molar-refractivity contribution is 14.0. The van der Waals surface area contributed by atoms with E-state index in [0.717, 1.165) is 89.8 Å². The molecular formula is C25H41IN6O. The quantitative estimate of drug-likeness (QED) is 0.177. The first-order valence-corrected chi connectivity index (χ1v) is 12.0. The lowest BCUT2D eigenvalue weighted by molar-refractivity contribution is 0.00534. The SMILES string of the molecule is CN=C(NCCCCn1ccnc1C)NCCCOC1CCN(Cc2ccccc2)CC1.I. The zero-order chi connectivity index (χ0) is 22.4. The van der Waals surface area contributed by atoms with Crippen molar-refractivity contribution in [1.82, 2.24) is 25.1 Å². The molecule has 0 radical (unpaired) electrons. The Hall–Kier alpha value is -1.65. The van der Waals surface area contributed by atoms with Crippen LogP contribution in [0.5, 0.6) is 0 Å². The number of hydrogen-bond donors (Lipinski definition) is 2. The fourth-order valence-electron chi connectivity index (χ4n) is 4.08. The summed E-state index contributed by atoms with van der Waals surface area (Å²) < 4.78 is 8.32. The molecule has 33 heavy (non-hydrogen) atoms. The van der Waals surface area contributed by atoms with E-state index in [-0.39, 0.29) is 24.0 Å². The summed E-state index contributed by atoms with van der Waals surface area (Å²) in [6.45, 7) is 8.95. The second-order valence-corrected chi connectivity index (χ2v) is 8.49. The van der Waals surface area contributed by atoms with Crippen molar-refractivity contribution in [2.45, 2.75) is 58.2 Å². The Kier molecular flexibility index (Phi) is 13.4. The number of ether oxygens (including phenoxy) is 1. The van der Waals surface area contributed by atoms with E-state index in [1.165, 1.54) is 5.56 Å². The van der Waals surface area contributed by atoms with Gasteiger partial charge in [0.25, 0.3) is 0 Å². The van der Waals surface area contributed by atoms with E-state index in [4.69, 9.17) is 4.74 Å². The van der Waals surface area contributed by atoms with Gasteiger partial charge >= 0.3 is 0 Å². The Balaban J connectivity index is 0.00000385. The summed E-state index contributed by atoms with van der Waals surface area (Å²) in [6.07, 6.45) is 9.77. The molecule has 0 atom stereocenters.